The predicted molar refractivity (Wildman–Crippen MR) is 108 cm³/mol. The van der Waals surface area contributed by atoms with Crippen molar-refractivity contribution in [1.29, 1.82) is 0 Å². The zero-order valence-corrected chi connectivity index (χ0v) is 17.6. The van der Waals surface area contributed by atoms with E-state index in [1.807, 2.05) is 0 Å². The maximum absolute atomic E-state index is 13.6. The average Bonchev–Trinajstić information content (AvgIpc) is 2.69. The van der Waals surface area contributed by atoms with Gasteiger partial charge in [-0.1, -0.05) is 28.1 Å². The van der Waals surface area contributed by atoms with Gasteiger partial charge >= 0.3 is 0 Å². The molecule has 1 saturated heterocycles. The Labute approximate surface area is 172 Å². The van der Waals surface area contributed by atoms with Crippen molar-refractivity contribution in [1.82, 2.24) is 4.31 Å². The summed E-state index contributed by atoms with van der Waals surface area (Å²) in [6, 6.07) is 12.6. The maximum Gasteiger partial charge on any atom is 0.243 e. The van der Waals surface area contributed by atoms with Crippen LogP contribution in [0.1, 0.15) is 6.42 Å². The summed E-state index contributed by atoms with van der Waals surface area (Å²) in [7, 11) is -3.50. The Morgan fingerprint density at radius 3 is 2.39 bits per heavy atom. The van der Waals surface area contributed by atoms with Crippen LogP contribution in [0, 0.1) is 5.82 Å². The number of hydrogen-bond donors (Lipinski definition) is 2. The lowest BCUT2D eigenvalue weighted by Gasteiger charge is -2.31. The second-order valence-electron chi connectivity index (χ2n) is 6.64. The zero-order chi connectivity index (χ0) is 20.1. The van der Waals surface area contributed by atoms with E-state index in [9.17, 15) is 17.6 Å². The summed E-state index contributed by atoms with van der Waals surface area (Å²) in [6.07, 6.45) is 0.253. The maximum atomic E-state index is 13.6. The van der Waals surface area contributed by atoms with Crippen molar-refractivity contribution in [3.63, 3.8) is 0 Å². The van der Waals surface area contributed by atoms with E-state index in [-0.39, 0.29) is 22.9 Å². The van der Waals surface area contributed by atoms with Crippen molar-refractivity contribution in [2.24, 2.45) is 0 Å². The third-order valence-electron chi connectivity index (χ3n) is 4.73. The van der Waals surface area contributed by atoms with Gasteiger partial charge in [-0.15, -0.1) is 0 Å². The van der Waals surface area contributed by atoms with E-state index in [1.54, 1.807) is 36.4 Å². The minimum absolute atomic E-state index is 0.174. The number of quaternary nitrogens is 1. The molecule has 1 heterocycles. The molecule has 0 spiro atoms. The number of piperazine rings is 1. The van der Waals surface area contributed by atoms with E-state index < -0.39 is 15.8 Å². The van der Waals surface area contributed by atoms with Crippen LogP contribution in [0.15, 0.2) is 57.9 Å². The number of carbonyl (C=O) groups excluding carboxylic acids is 1. The van der Waals surface area contributed by atoms with Crippen molar-refractivity contribution in [2.45, 2.75) is 11.3 Å². The quantitative estimate of drug-likeness (QED) is 0.671. The normalized spacial score (nSPS) is 16.1. The van der Waals surface area contributed by atoms with Gasteiger partial charge in [0.1, 0.15) is 5.82 Å². The number of sulfonamides is 1. The molecule has 0 aromatic heterocycles. The standard InChI is InChI=1S/C19H21BrFN3O3S/c20-15-5-7-16(8-6-15)28(26,27)24-13-11-23(12-14-24)10-9-19(25)22-18-4-2-1-3-17(18)21/h1-8H,9-14H2,(H,22,25)/p+1. The summed E-state index contributed by atoms with van der Waals surface area (Å²) in [6.45, 7) is 2.64. The highest BCUT2D eigenvalue weighted by Gasteiger charge is 2.30. The first kappa shape index (κ1) is 20.9. The molecule has 1 aliphatic rings. The second-order valence-corrected chi connectivity index (χ2v) is 9.49. The van der Waals surface area contributed by atoms with Crippen LogP contribution in [0.25, 0.3) is 0 Å². The van der Waals surface area contributed by atoms with Gasteiger partial charge in [0, 0.05) is 4.47 Å². The largest absolute Gasteiger partial charge is 0.332 e. The highest BCUT2D eigenvalue weighted by atomic mass is 79.9. The number of carbonyl (C=O) groups is 1. The molecule has 28 heavy (non-hydrogen) atoms. The fourth-order valence-electron chi connectivity index (χ4n) is 3.11. The molecule has 2 aromatic carbocycles. The number of anilines is 1. The van der Waals surface area contributed by atoms with Gasteiger partial charge in [-0.05, 0) is 36.4 Å². The monoisotopic (exact) mass is 470 g/mol. The summed E-state index contributed by atoms with van der Waals surface area (Å²) in [5.41, 5.74) is 0.174. The minimum atomic E-state index is -3.50. The Kier molecular flexibility index (Phi) is 6.82. The van der Waals surface area contributed by atoms with Crippen molar-refractivity contribution in [3.8, 4) is 0 Å². The van der Waals surface area contributed by atoms with E-state index in [2.05, 4.69) is 21.2 Å². The summed E-state index contributed by atoms with van der Waals surface area (Å²) in [5.74, 6) is -0.711. The molecule has 1 fully saturated rings. The second kappa shape index (κ2) is 9.13. The van der Waals surface area contributed by atoms with Crippen molar-refractivity contribution in [3.05, 3.63) is 58.8 Å². The Hall–Kier alpha value is -1.81. The molecule has 0 radical (unpaired) electrons. The molecule has 0 aliphatic carbocycles. The molecule has 150 valence electrons. The Morgan fingerprint density at radius 1 is 1.11 bits per heavy atom. The number of hydrogen-bond acceptors (Lipinski definition) is 3. The highest BCUT2D eigenvalue weighted by Crippen LogP contribution is 2.18. The average molecular weight is 471 g/mol. The number of nitrogens with zero attached hydrogens (tertiary/aromatic N) is 1. The SMILES string of the molecule is O=C(CC[NH+]1CCN(S(=O)(=O)c2ccc(Br)cc2)CC1)Nc1ccccc1F. The van der Waals surface area contributed by atoms with Gasteiger partial charge in [-0.25, -0.2) is 12.8 Å². The molecule has 9 heteroatoms. The molecular weight excluding hydrogens is 449 g/mol. The first-order valence-electron chi connectivity index (χ1n) is 9.00. The lowest BCUT2D eigenvalue weighted by Crippen LogP contribution is -3.14. The molecule has 3 rings (SSSR count). The number of nitrogens with one attached hydrogen (secondary N) is 2. The van der Waals surface area contributed by atoms with Gasteiger partial charge in [0.25, 0.3) is 0 Å². The van der Waals surface area contributed by atoms with Crippen LogP contribution < -0.4 is 10.2 Å². The highest BCUT2D eigenvalue weighted by molar-refractivity contribution is 9.10. The first-order chi connectivity index (χ1) is 13.4. The molecule has 0 atom stereocenters. The van der Waals surface area contributed by atoms with Crippen LogP contribution in [0.5, 0.6) is 0 Å². The Balaban J connectivity index is 1.48. The molecular formula is C19H22BrFN3O3S+. The summed E-state index contributed by atoms with van der Waals surface area (Å²) < 4.78 is 41.3. The lowest BCUT2D eigenvalue weighted by atomic mass is 10.2. The van der Waals surface area contributed by atoms with Gasteiger partial charge in [-0.3, -0.25) is 4.79 Å². The number of rotatable bonds is 6. The van der Waals surface area contributed by atoms with Crippen molar-refractivity contribution < 1.29 is 22.5 Å². The summed E-state index contributed by atoms with van der Waals surface area (Å²) >= 11 is 3.30. The topological polar surface area (TPSA) is 70.9 Å². The number of halogens is 2. The number of amides is 1. The fraction of sp³-hybridized carbons (Fsp3) is 0.316. The molecule has 0 bridgehead atoms. The van der Waals surface area contributed by atoms with Gasteiger partial charge in [0.15, 0.2) is 0 Å². The van der Waals surface area contributed by atoms with Gasteiger partial charge in [0.2, 0.25) is 15.9 Å². The van der Waals surface area contributed by atoms with Crippen LogP contribution in [-0.2, 0) is 14.8 Å². The first-order valence-corrected chi connectivity index (χ1v) is 11.2. The van der Waals surface area contributed by atoms with Gasteiger partial charge in [-0.2, -0.15) is 4.31 Å². The molecule has 2 N–H and O–H groups in total. The number of para-hydroxylation sites is 1. The van der Waals surface area contributed by atoms with Crippen LogP contribution in [0.3, 0.4) is 0 Å². The van der Waals surface area contributed by atoms with E-state index in [1.165, 1.54) is 16.4 Å². The van der Waals surface area contributed by atoms with Crippen LogP contribution in [0.4, 0.5) is 10.1 Å². The molecule has 6 nitrogen and oxygen atoms in total. The minimum Gasteiger partial charge on any atom is -0.332 e. The van der Waals surface area contributed by atoms with E-state index >= 15 is 0 Å². The Bertz CT molecular complexity index is 930. The molecule has 1 aliphatic heterocycles. The molecule has 2 aromatic rings. The molecule has 1 amide bonds. The van der Waals surface area contributed by atoms with E-state index in [0.29, 0.717) is 32.7 Å². The van der Waals surface area contributed by atoms with Gasteiger partial charge < -0.3 is 10.2 Å². The third kappa shape index (κ3) is 5.16. The molecule has 0 saturated carbocycles. The summed E-state index contributed by atoms with van der Waals surface area (Å²) in [5, 5.41) is 2.57. The Morgan fingerprint density at radius 2 is 1.75 bits per heavy atom. The van der Waals surface area contributed by atoms with Crippen LogP contribution >= 0.6 is 15.9 Å². The van der Waals surface area contributed by atoms with Crippen molar-refractivity contribution >= 4 is 37.5 Å². The van der Waals surface area contributed by atoms with Crippen LogP contribution in [-0.4, -0.2) is 51.4 Å². The van der Waals surface area contributed by atoms with Crippen molar-refractivity contribution in [2.75, 3.05) is 38.0 Å². The lowest BCUT2D eigenvalue weighted by molar-refractivity contribution is -0.903. The smallest absolute Gasteiger partial charge is 0.243 e. The number of benzene rings is 2. The zero-order valence-electron chi connectivity index (χ0n) is 15.2. The van der Waals surface area contributed by atoms with E-state index in [0.717, 1.165) is 9.37 Å². The van der Waals surface area contributed by atoms with Gasteiger partial charge in [0.05, 0.1) is 49.7 Å². The summed E-state index contributed by atoms with van der Waals surface area (Å²) in [4.78, 5) is 13.5. The van der Waals surface area contributed by atoms with Crippen LogP contribution in [0.2, 0.25) is 0 Å². The predicted octanol–water partition coefficient (Wildman–Crippen LogP) is 1.51. The molecule has 0 unspecified atom stereocenters. The van der Waals surface area contributed by atoms with E-state index in [4.69, 9.17) is 0 Å². The third-order valence-corrected chi connectivity index (χ3v) is 7.18. The fourth-order valence-corrected chi connectivity index (χ4v) is 4.82.